The molecule has 1 saturated carbocycles. The van der Waals surface area contributed by atoms with E-state index in [2.05, 4.69) is 32.2 Å². The molecular formula is C26H24N4OS. The Morgan fingerprint density at radius 2 is 1.59 bits per heavy atom. The Kier molecular flexibility index (Phi) is 5.77. The number of amides is 1. The molecule has 3 aromatic carbocycles. The smallest absolute Gasteiger partial charge is 0.242 e. The quantitative estimate of drug-likeness (QED) is 0.362. The molecule has 1 unspecified atom stereocenters. The maximum absolute atomic E-state index is 13.4. The number of thioether (sulfide) groups is 1. The first kappa shape index (κ1) is 20.5. The molecule has 32 heavy (non-hydrogen) atoms. The van der Waals surface area contributed by atoms with Gasteiger partial charge < -0.3 is 5.32 Å². The summed E-state index contributed by atoms with van der Waals surface area (Å²) >= 11 is 1.44. The number of benzene rings is 3. The first-order chi connectivity index (χ1) is 15.7. The van der Waals surface area contributed by atoms with E-state index < -0.39 is 5.25 Å². The lowest BCUT2D eigenvalue weighted by atomic mass is 10.1. The van der Waals surface area contributed by atoms with Gasteiger partial charge in [-0.2, -0.15) is 0 Å². The Balaban J connectivity index is 1.49. The Bertz CT molecular complexity index is 1200. The zero-order valence-electron chi connectivity index (χ0n) is 17.8. The average molecular weight is 441 g/mol. The first-order valence-electron chi connectivity index (χ1n) is 10.8. The summed E-state index contributed by atoms with van der Waals surface area (Å²) in [5.74, 6) is 1.33. The second kappa shape index (κ2) is 9.01. The number of aromatic nitrogens is 3. The summed E-state index contributed by atoms with van der Waals surface area (Å²) in [4.78, 5) is 13.4. The van der Waals surface area contributed by atoms with Gasteiger partial charge in [-0.1, -0.05) is 78.0 Å². The predicted octanol–water partition coefficient (Wildman–Crippen LogP) is 5.93. The van der Waals surface area contributed by atoms with Crippen LogP contribution in [0.3, 0.4) is 0 Å². The Morgan fingerprint density at radius 1 is 0.938 bits per heavy atom. The highest BCUT2D eigenvalue weighted by molar-refractivity contribution is 8.00. The number of nitrogens with one attached hydrogen (secondary N) is 1. The van der Waals surface area contributed by atoms with E-state index in [-0.39, 0.29) is 5.91 Å². The Labute approximate surface area is 191 Å². The molecule has 0 bridgehead atoms. The van der Waals surface area contributed by atoms with Gasteiger partial charge in [0.15, 0.2) is 5.16 Å². The number of hydrogen-bond acceptors (Lipinski definition) is 4. The van der Waals surface area contributed by atoms with E-state index in [1.54, 1.807) is 0 Å². The fraction of sp³-hybridized carbons (Fsp3) is 0.192. The predicted molar refractivity (Wildman–Crippen MR) is 128 cm³/mol. The minimum atomic E-state index is -0.462. The molecule has 1 aliphatic carbocycles. The van der Waals surface area contributed by atoms with Crippen molar-refractivity contribution in [1.82, 2.24) is 14.8 Å². The summed E-state index contributed by atoms with van der Waals surface area (Å²) in [7, 11) is 0. The minimum Gasteiger partial charge on any atom is -0.325 e. The Morgan fingerprint density at radius 3 is 2.25 bits per heavy atom. The lowest BCUT2D eigenvalue weighted by Gasteiger charge is -2.18. The van der Waals surface area contributed by atoms with Crippen LogP contribution in [-0.4, -0.2) is 20.7 Å². The summed E-state index contributed by atoms with van der Waals surface area (Å²) in [6, 6.07) is 27.8. The molecule has 0 saturated heterocycles. The van der Waals surface area contributed by atoms with Gasteiger partial charge in [-0.3, -0.25) is 9.36 Å². The molecule has 1 fully saturated rings. The third-order valence-corrected chi connectivity index (χ3v) is 6.70. The summed E-state index contributed by atoms with van der Waals surface area (Å²) in [6.07, 6.45) is 2.26. The molecule has 0 radical (unpaired) electrons. The van der Waals surface area contributed by atoms with Gasteiger partial charge >= 0.3 is 0 Å². The minimum absolute atomic E-state index is 0.0827. The molecule has 1 atom stereocenters. The number of para-hydroxylation sites is 1. The number of aryl methyl sites for hydroxylation is 1. The van der Waals surface area contributed by atoms with Crippen LogP contribution in [0.4, 0.5) is 5.69 Å². The molecule has 5 nitrogen and oxygen atoms in total. The zero-order valence-corrected chi connectivity index (χ0v) is 18.6. The normalized spacial score (nSPS) is 14.2. The van der Waals surface area contributed by atoms with Crippen molar-refractivity contribution < 1.29 is 4.79 Å². The van der Waals surface area contributed by atoms with E-state index in [1.165, 1.54) is 11.8 Å². The number of carbonyl (C=O) groups is 1. The van der Waals surface area contributed by atoms with Gasteiger partial charge in [0.05, 0.1) is 0 Å². The summed E-state index contributed by atoms with van der Waals surface area (Å²) < 4.78 is 2.11. The van der Waals surface area contributed by atoms with Gasteiger partial charge in [0.1, 0.15) is 11.1 Å². The van der Waals surface area contributed by atoms with Gasteiger partial charge in [-0.05, 0) is 49.6 Å². The molecular weight excluding hydrogens is 416 g/mol. The standard InChI is InChI=1S/C26H24N4OS/c1-18-12-16-21(17-13-18)27-25(31)23(19-8-4-2-5-9-19)32-26-29-28-24(20-14-15-20)30(26)22-10-6-3-7-11-22/h2-13,16-17,20,23H,14-15H2,1H3,(H,27,31). The molecule has 0 spiro atoms. The molecule has 5 rings (SSSR count). The van der Waals surface area contributed by atoms with Gasteiger partial charge in [-0.15, -0.1) is 10.2 Å². The van der Waals surface area contributed by atoms with E-state index in [9.17, 15) is 4.79 Å². The number of carbonyl (C=O) groups excluding carboxylic acids is 1. The molecule has 1 heterocycles. The summed E-state index contributed by atoms with van der Waals surface area (Å²) in [5, 5.41) is 12.4. The van der Waals surface area contributed by atoms with Crippen molar-refractivity contribution in [1.29, 1.82) is 0 Å². The molecule has 6 heteroatoms. The number of rotatable bonds is 7. The fourth-order valence-corrected chi connectivity index (χ4v) is 4.70. The summed E-state index contributed by atoms with van der Waals surface area (Å²) in [5.41, 5.74) is 3.89. The van der Waals surface area contributed by atoms with Crippen LogP contribution < -0.4 is 5.32 Å². The van der Waals surface area contributed by atoms with Crippen LogP contribution in [0.2, 0.25) is 0 Å². The Hall–Kier alpha value is -3.38. The second-order valence-electron chi connectivity index (χ2n) is 8.05. The van der Waals surface area contributed by atoms with E-state index in [1.807, 2.05) is 79.7 Å². The SMILES string of the molecule is Cc1ccc(NC(=O)C(Sc2nnc(C3CC3)n2-c2ccccc2)c2ccccc2)cc1. The van der Waals surface area contributed by atoms with Crippen LogP contribution in [0.1, 0.15) is 41.0 Å². The van der Waals surface area contributed by atoms with Crippen molar-refractivity contribution in [3.8, 4) is 5.69 Å². The van der Waals surface area contributed by atoms with Crippen LogP contribution >= 0.6 is 11.8 Å². The topological polar surface area (TPSA) is 59.8 Å². The van der Waals surface area contributed by atoms with Crippen LogP contribution in [0.25, 0.3) is 5.69 Å². The molecule has 1 aromatic heterocycles. The van der Waals surface area contributed by atoms with Gasteiger partial charge in [0, 0.05) is 17.3 Å². The molecule has 4 aromatic rings. The largest absolute Gasteiger partial charge is 0.325 e. The first-order valence-corrected chi connectivity index (χ1v) is 11.7. The third kappa shape index (κ3) is 4.46. The highest BCUT2D eigenvalue weighted by atomic mass is 32.2. The van der Waals surface area contributed by atoms with Crippen LogP contribution in [0.5, 0.6) is 0 Å². The second-order valence-corrected chi connectivity index (χ2v) is 9.12. The molecule has 160 valence electrons. The zero-order chi connectivity index (χ0) is 21.9. The van der Waals surface area contributed by atoms with Crippen LogP contribution in [0.15, 0.2) is 90.1 Å². The van der Waals surface area contributed by atoms with Crippen molar-refractivity contribution in [3.63, 3.8) is 0 Å². The fourth-order valence-electron chi connectivity index (χ4n) is 3.63. The highest BCUT2D eigenvalue weighted by Crippen LogP contribution is 2.43. The lowest BCUT2D eigenvalue weighted by Crippen LogP contribution is -2.19. The van der Waals surface area contributed by atoms with Crippen LogP contribution in [0, 0.1) is 6.92 Å². The molecule has 1 amide bonds. The van der Waals surface area contributed by atoms with Gasteiger partial charge in [-0.25, -0.2) is 0 Å². The van der Waals surface area contributed by atoms with Crippen LogP contribution in [-0.2, 0) is 4.79 Å². The molecule has 0 aliphatic heterocycles. The van der Waals surface area contributed by atoms with E-state index in [0.29, 0.717) is 5.92 Å². The van der Waals surface area contributed by atoms with Gasteiger partial charge in [0.2, 0.25) is 5.91 Å². The maximum atomic E-state index is 13.4. The van der Waals surface area contributed by atoms with Crippen molar-refractivity contribution in [2.75, 3.05) is 5.32 Å². The van der Waals surface area contributed by atoms with Crippen molar-refractivity contribution in [2.24, 2.45) is 0 Å². The van der Waals surface area contributed by atoms with E-state index in [0.717, 1.165) is 46.3 Å². The van der Waals surface area contributed by atoms with Gasteiger partial charge in [0.25, 0.3) is 0 Å². The highest BCUT2D eigenvalue weighted by Gasteiger charge is 2.33. The number of anilines is 1. The third-order valence-electron chi connectivity index (χ3n) is 5.50. The maximum Gasteiger partial charge on any atom is 0.242 e. The van der Waals surface area contributed by atoms with Crippen molar-refractivity contribution in [3.05, 3.63) is 102 Å². The number of nitrogens with zero attached hydrogens (tertiary/aromatic N) is 3. The molecule has 1 N–H and O–H groups in total. The molecule has 1 aliphatic rings. The average Bonchev–Trinajstić information content (AvgIpc) is 3.59. The monoisotopic (exact) mass is 440 g/mol. The van der Waals surface area contributed by atoms with Crippen molar-refractivity contribution in [2.45, 2.75) is 36.1 Å². The van der Waals surface area contributed by atoms with E-state index in [4.69, 9.17) is 0 Å². The number of hydrogen-bond donors (Lipinski definition) is 1. The van der Waals surface area contributed by atoms with Crippen molar-refractivity contribution >= 4 is 23.4 Å². The summed E-state index contributed by atoms with van der Waals surface area (Å²) in [6.45, 7) is 2.03. The van der Waals surface area contributed by atoms with E-state index >= 15 is 0 Å². The lowest BCUT2D eigenvalue weighted by molar-refractivity contribution is -0.115.